The summed E-state index contributed by atoms with van der Waals surface area (Å²) < 4.78 is 27.1. The first kappa shape index (κ1) is 24.5. The summed E-state index contributed by atoms with van der Waals surface area (Å²) in [5.41, 5.74) is 1.58. The average Bonchev–Trinajstić information content (AvgIpc) is 2.88. The Balaban J connectivity index is 1.47. The van der Waals surface area contributed by atoms with Crippen molar-refractivity contribution in [3.63, 3.8) is 0 Å². The second-order valence-electron chi connectivity index (χ2n) is 8.88. The summed E-state index contributed by atoms with van der Waals surface area (Å²) in [7, 11) is -2.25. The van der Waals surface area contributed by atoms with Gasteiger partial charge in [-0.1, -0.05) is 48.0 Å². The Bertz CT molecular complexity index is 1310. The first-order valence-electron chi connectivity index (χ1n) is 11.4. The Morgan fingerprint density at radius 2 is 1.46 bits per heavy atom. The Kier molecular flexibility index (Phi) is 6.67. The predicted octanol–water partition coefficient (Wildman–Crippen LogP) is 4.08. The minimum Gasteiger partial charge on any atom is -0.481 e. The van der Waals surface area contributed by atoms with Crippen molar-refractivity contribution in [2.75, 3.05) is 24.4 Å². The number of aliphatic carboxylic acids is 1. The van der Waals surface area contributed by atoms with E-state index >= 15 is 0 Å². The van der Waals surface area contributed by atoms with Gasteiger partial charge in [-0.25, -0.2) is 8.42 Å². The summed E-state index contributed by atoms with van der Waals surface area (Å²) in [5, 5.41) is 9.97. The molecule has 0 saturated carbocycles. The van der Waals surface area contributed by atoms with Gasteiger partial charge < -0.3 is 10.0 Å². The lowest BCUT2D eigenvalue weighted by Gasteiger charge is -2.39. The second-order valence-corrected chi connectivity index (χ2v) is 10.8. The molecule has 3 aromatic carbocycles. The molecule has 0 aromatic heterocycles. The lowest BCUT2D eigenvalue weighted by Crippen LogP contribution is -2.49. The van der Waals surface area contributed by atoms with Gasteiger partial charge in [0.25, 0.3) is 15.9 Å². The summed E-state index contributed by atoms with van der Waals surface area (Å²) >= 11 is 0. The number of aryl methyl sites for hydroxylation is 1. The van der Waals surface area contributed by atoms with Gasteiger partial charge in [-0.2, -0.15) is 0 Å². The Morgan fingerprint density at radius 3 is 2.00 bits per heavy atom. The highest BCUT2D eigenvalue weighted by molar-refractivity contribution is 7.92. The van der Waals surface area contributed by atoms with Crippen molar-refractivity contribution >= 4 is 27.6 Å². The number of anilines is 1. The number of carbonyl (C=O) groups excluding carboxylic acids is 1. The zero-order valence-electron chi connectivity index (χ0n) is 19.7. The number of hydrogen-bond acceptors (Lipinski definition) is 4. The average molecular weight is 493 g/mol. The maximum atomic E-state index is 13.1. The quantitative estimate of drug-likeness (QED) is 0.560. The molecule has 1 N–H and O–H groups in total. The largest absolute Gasteiger partial charge is 0.481 e. The molecule has 4 rings (SSSR count). The molecule has 35 heavy (non-hydrogen) atoms. The standard InChI is InChI=1S/C27H28N2O5S/c1-20-8-14-24(15-9-20)35(33,34)28(2)23-12-10-21(11-13-23)25(30)29-18-16-27(17-19-29,26(31)32)22-6-4-3-5-7-22/h3-15H,16-19H2,1-2H3,(H,31,32). The number of hydrogen-bond donors (Lipinski definition) is 1. The van der Waals surface area contributed by atoms with Crippen molar-refractivity contribution < 1.29 is 23.1 Å². The topological polar surface area (TPSA) is 95.0 Å². The molecule has 0 radical (unpaired) electrons. The number of sulfonamides is 1. The third kappa shape index (κ3) is 4.66. The molecule has 1 saturated heterocycles. The molecule has 3 aromatic rings. The molecule has 182 valence electrons. The van der Waals surface area contributed by atoms with E-state index in [1.54, 1.807) is 53.4 Å². The molecule has 1 aliphatic rings. The minimum atomic E-state index is -3.73. The third-order valence-electron chi connectivity index (χ3n) is 6.80. The maximum absolute atomic E-state index is 13.1. The molecule has 0 unspecified atom stereocenters. The first-order chi connectivity index (χ1) is 16.6. The third-order valence-corrected chi connectivity index (χ3v) is 8.60. The van der Waals surface area contributed by atoms with Crippen LogP contribution in [0.2, 0.25) is 0 Å². The van der Waals surface area contributed by atoms with E-state index in [1.165, 1.54) is 11.4 Å². The Hall–Kier alpha value is -3.65. The van der Waals surface area contributed by atoms with Gasteiger partial charge in [0.15, 0.2) is 0 Å². The van der Waals surface area contributed by atoms with Crippen molar-refractivity contribution in [2.24, 2.45) is 0 Å². The van der Waals surface area contributed by atoms with Gasteiger partial charge >= 0.3 is 5.97 Å². The Labute approximate surface area is 205 Å². The van der Waals surface area contributed by atoms with E-state index in [-0.39, 0.29) is 10.8 Å². The molecular weight excluding hydrogens is 464 g/mol. The van der Waals surface area contributed by atoms with Crippen LogP contribution < -0.4 is 4.31 Å². The van der Waals surface area contributed by atoms with Crippen LogP contribution in [-0.4, -0.2) is 50.4 Å². The van der Waals surface area contributed by atoms with Crippen molar-refractivity contribution in [1.29, 1.82) is 0 Å². The highest BCUT2D eigenvalue weighted by Crippen LogP contribution is 2.36. The molecule has 1 heterocycles. The van der Waals surface area contributed by atoms with Crippen LogP contribution in [-0.2, 0) is 20.2 Å². The Morgan fingerprint density at radius 1 is 0.886 bits per heavy atom. The molecule has 8 heteroatoms. The second kappa shape index (κ2) is 9.54. The van der Waals surface area contributed by atoms with Gasteiger partial charge in [-0.3, -0.25) is 13.9 Å². The smallest absolute Gasteiger partial charge is 0.314 e. The van der Waals surface area contributed by atoms with Gasteiger partial charge in [0.05, 0.1) is 16.0 Å². The SMILES string of the molecule is Cc1ccc(S(=O)(=O)N(C)c2ccc(C(=O)N3CCC(C(=O)O)(c4ccccc4)CC3)cc2)cc1. The van der Waals surface area contributed by atoms with Crippen LogP contribution in [0.25, 0.3) is 0 Å². The summed E-state index contributed by atoms with van der Waals surface area (Å²) in [6.45, 7) is 2.54. The number of amides is 1. The van der Waals surface area contributed by atoms with Crippen molar-refractivity contribution in [3.05, 3.63) is 95.6 Å². The van der Waals surface area contributed by atoms with E-state index in [4.69, 9.17) is 0 Å². The summed E-state index contributed by atoms with van der Waals surface area (Å²) in [4.78, 5) is 27.1. The lowest BCUT2D eigenvalue weighted by atomic mass is 9.73. The molecule has 1 amide bonds. The van der Waals surface area contributed by atoms with Crippen LogP contribution in [0.4, 0.5) is 5.69 Å². The molecule has 0 aliphatic carbocycles. The fourth-order valence-electron chi connectivity index (χ4n) is 4.48. The van der Waals surface area contributed by atoms with E-state index in [2.05, 4.69) is 0 Å². The molecule has 7 nitrogen and oxygen atoms in total. The van der Waals surface area contributed by atoms with Crippen molar-refractivity contribution in [1.82, 2.24) is 4.90 Å². The summed E-state index contributed by atoms with van der Waals surface area (Å²) in [5.74, 6) is -1.08. The molecule has 0 bridgehead atoms. The number of likely N-dealkylation sites (tertiary alicyclic amines) is 1. The highest BCUT2D eigenvalue weighted by Gasteiger charge is 2.43. The zero-order chi connectivity index (χ0) is 25.2. The van der Waals surface area contributed by atoms with Crippen LogP contribution >= 0.6 is 0 Å². The fraction of sp³-hybridized carbons (Fsp3) is 0.259. The number of carbonyl (C=O) groups is 2. The van der Waals surface area contributed by atoms with Gasteiger partial charge in [-0.05, 0) is 61.7 Å². The van der Waals surface area contributed by atoms with Crippen LogP contribution in [0.15, 0.2) is 83.8 Å². The number of piperidine rings is 1. The number of benzene rings is 3. The van der Waals surface area contributed by atoms with Crippen molar-refractivity contribution in [2.45, 2.75) is 30.1 Å². The monoisotopic (exact) mass is 492 g/mol. The number of carboxylic acids is 1. The molecular formula is C27H28N2O5S. The zero-order valence-corrected chi connectivity index (χ0v) is 20.5. The number of carboxylic acid groups (broad SMARTS) is 1. The van der Waals surface area contributed by atoms with Gasteiger partial charge in [0.1, 0.15) is 0 Å². The van der Waals surface area contributed by atoms with Crippen LogP contribution in [0, 0.1) is 6.92 Å². The number of rotatable bonds is 6. The number of nitrogens with zero attached hydrogens (tertiary/aromatic N) is 2. The minimum absolute atomic E-state index is 0.194. The summed E-state index contributed by atoms with van der Waals surface area (Å²) in [6.07, 6.45) is 0.654. The maximum Gasteiger partial charge on any atom is 0.314 e. The van der Waals surface area contributed by atoms with Gasteiger partial charge in [0, 0.05) is 25.7 Å². The van der Waals surface area contributed by atoms with Crippen LogP contribution in [0.5, 0.6) is 0 Å². The van der Waals surface area contributed by atoms with Crippen LogP contribution in [0.3, 0.4) is 0 Å². The first-order valence-corrected chi connectivity index (χ1v) is 12.8. The molecule has 1 fully saturated rings. The predicted molar refractivity (Wildman–Crippen MR) is 134 cm³/mol. The van der Waals surface area contributed by atoms with Gasteiger partial charge in [-0.15, -0.1) is 0 Å². The van der Waals surface area contributed by atoms with Gasteiger partial charge in [0.2, 0.25) is 0 Å². The fourth-order valence-corrected chi connectivity index (χ4v) is 5.67. The normalized spacial score (nSPS) is 15.4. The van der Waals surface area contributed by atoms with Crippen LogP contribution in [0.1, 0.15) is 34.3 Å². The highest BCUT2D eigenvalue weighted by atomic mass is 32.2. The van der Waals surface area contributed by atoms with E-state index < -0.39 is 21.4 Å². The molecule has 1 aliphatic heterocycles. The van der Waals surface area contributed by atoms with E-state index in [0.29, 0.717) is 37.2 Å². The van der Waals surface area contributed by atoms with E-state index in [1.807, 2.05) is 37.3 Å². The van der Waals surface area contributed by atoms with Crippen molar-refractivity contribution in [3.8, 4) is 0 Å². The molecule has 0 spiro atoms. The molecule has 0 atom stereocenters. The van der Waals surface area contributed by atoms with E-state index in [0.717, 1.165) is 11.1 Å². The summed E-state index contributed by atoms with van der Waals surface area (Å²) in [6, 6.07) is 22.2. The van der Waals surface area contributed by atoms with E-state index in [9.17, 15) is 23.1 Å². The lowest BCUT2D eigenvalue weighted by molar-refractivity contribution is -0.145.